The molecule has 1 aliphatic carbocycles. The standard InChI is InChI=1S/C22H29NO6/c1-3-28-22-17(5-4-12-24)18(13-19(29-22)20(25)23-16-10-11-16)14-6-8-15(9-7-14)21(26)27-2/h6-9,13,16-18,22,24H,3-5,10-12H2,1-2H3,(H,23,25)/t17-,18+,22+/m0/s1. The third kappa shape index (κ3) is 5.36. The highest BCUT2D eigenvalue weighted by Crippen LogP contribution is 2.39. The van der Waals surface area contributed by atoms with Crippen molar-refractivity contribution in [2.45, 2.75) is 50.9 Å². The summed E-state index contributed by atoms with van der Waals surface area (Å²) in [4.78, 5) is 24.4. The molecule has 1 aromatic carbocycles. The van der Waals surface area contributed by atoms with Gasteiger partial charge in [0.1, 0.15) is 0 Å². The number of amides is 1. The maximum Gasteiger partial charge on any atom is 0.337 e. The van der Waals surface area contributed by atoms with Crippen molar-refractivity contribution in [1.29, 1.82) is 0 Å². The van der Waals surface area contributed by atoms with Crippen molar-refractivity contribution >= 4 is 11.9 Å². The average Bonchev–Trinajstić information content (AvgIpc) is 3.56. The van der Waals surface area contributed by atoms with Crippen molar-refractivity contribution in [3.63, 3.8) is 0 Å². The van der Waals surface area contributed by atoms with Crippen LogP contribution < -0.4 is 5.32 Å². The number of nitrogens with one attached hydrogen (secondary N) is 1. The lowest BCUT2D eigenvalue weighted by Gasteiger charge is -2.37. The first-order valence-corrected chi connectivity index (χ1v) is 10.2. The molecule has 1 saturated carbocycles. The lowest BCUT2D eigenvalue weighted by atomic mass is 9.80. The number of allylic oxidation sites excluding steroid dienone is 1. The van der Waals surface area contributed by atoms with E-state index >= 15 is 0 Å². The van der Waals surface area contributed by atoms with Crippen molar-refractivity contribution in [2.75, 3.05) is 20.3 Å². The minimum atomic E-state index is -0.582. The van der Waals surface area contributed by atoms with Gasteiger partial charge in [-0.25, -0.2) is 4.79 Å². The van der Waals surface area contributed by atoms with Crippen LogP contribution in [0.15, 0.2) is 36.1 Å². The van der Waals surface area contributed by atoms with E-state index in [9.17, 15) is 14.7 Å². The SMILES string of the molecule is CCO[C@@H]1OC(C(=O)NC2CC2)=C[C@H](c2ccc(C(=O)OC)cc2)[C@@H]1CCCO. The van der Waals surface area contributed by atoms with Gasteiger partial charge in [-0.2, -0.15) is 0 Å². The van der Waals surface area contributed by atoms with Gasteiger partial charge in [0.25, 0.3) is 5.91 Å². The number of hydrogen-bond acceptors (Lipinski definition) is 6. The van der Waals surface area contributed by atoms with Crippen LogP contribution in [0.4, 0.5) is 0 Å². The van der Waals surface area contributed by atoms with Crippen LogP contribution in [0.25, 0.3) is 0 Å². The Hall–Kier alpha value is -2.38. The molecule has 3 rings (SSSR count). The number of carbonyl (C=O) groups excluding carboxylic acids is 2. The molecular weight excluding hydrogens is 374 g/mol. The summed E-state index contributed by atoms with van der Waals surface area (Å²) in [6.45, 7) is 2.41. The molecule has 1 amide bonds. The molecule has 158 valence electrons. The Bertz CT molecular complexity index is 740. The fourth-order valence-corrected chi connectivity index (χ4v) is 3.59. The normalized spacial score (nSPS) is 23.7. The van der Waals surface area contributed by atoms with Gasteiger partial charge in [0.05, 0.1) is 12.7 Å². The number of aliphatic hydroxyl groups is 1. The molecule has 0 spiro atoms. The number of esters is 1. The van der Waals surface area contributed by atoms with Crippen molar-refractivity contribution < 1.29 is 28.9 Å². The van der Waals surface area contributed by atoms with Crippen LogP contribution in [-0.2, 0) is 19.0 Å². The second kappa shape index (κ2) is 9.89. The van der Waals surface area contributed by atoms with E-state index in [1.165, 1.54) is 7.11 Å². The first-order valence-electron chi connectivity index (χ1n) is 10.2. The Morgan fingerprint density at radius 2 is 1.97 bits per heavy atom. The van der Waals surface area contributed by atoms with Crippen LogP contribution >= 0.6 is 0 Å². The van der Waals surface area contributed by atoms with Gasteiger partial charge < -0.3 is 24.6 Å². The summed E-state index contributed by atoms with van der Waals surface area (Å²) in [5.41, 5.74) is 1.41. The van der Waals surface area contributed by atoms with Crippen LogP contribution in [0, 0.1) is 5.92 Å². The van der Waals surface area contributed by atoms with Gasteiger partial charge in [-0.05, 0) is 56.4 Å². The largest absolute Gasteiger partial charge is 0.465 e. The average molecular weight is 403 g/mol. The first-order chi connectivity index (χ1) is 14.1. The van der Waals surface area contributed by atoms with E-state index in [-0.39, 0.29) is 36.2 Å². The smallest absolute Gasteiger partial charge is 0.337 e. The van der Waals surface area contributed by atoms with Gasteiger partial charge in [-0.15, -0.1) is 0 Å². The van der Waals surface area contributed by atoms with Crippen molar-refractivity contribution in [3.8, 4) is 0 Å². The molecule has 2 aliphatic rings. The minimum Gasteiger partial charge on any atom is -0.465 e. The predicted octanol–water partition coefficient (Wildman–Crippen LogP) is 2.50. The summed E-state index contributed by atoms with van der Waals surface area (Å²) >= 11 is 0. The molecule has 0 radical (unpaired) electrons. The fourth-order valence-electron chi connectivity index (χ4n) is 3.59. The summed E-state index contributed by atoms with van der Waals surface area (Å²) in [6, 6.07) is 7.39. The van der Waals surface area contributed by atoms with Crippen LogP contribution in [0.5, 0.6) is 0 Å². The Balaban J connectivity index is 1.91. The van der Waals surface area contributed by atoms with E-state index < -0.39 is 12.3 Å². The van der Waals surface area contributed by atoms with Crippen LogP contribution in [0.2, 0.25) is 0 Å². The molecule has 0 unspecified atom stereocenters. The van der Waals surface area contributed by atoms with Gasteiger partial charge in [-0.3, -0.25) is 4.79 Å². The molecule has 29 heavy (non-hydrogen) atoms. The Morgan fingerprint density at radius 1 is 1.24 bits per heavy atom. The molecule has 1 heterocycles. The molecule has 0 saturated heterocycles. The molecule has 7 nitrogen and oxygen atoms in total. The highest BCUT2D eigenvalue weighted by Gasteiger charge is 2.38. The van der Waals surface area contributed by atoms with Crippen molar-refractivity contribution in [2.24, 2.45) is 5.92 Å². The number of hydrogen-bond donors (Lipinski definition) is 2. The first kappa shape index (κ1) is 21.3. The molecule has 1 fully saturated rings. The quantitative estimate of drug-likeness (QED) is 0.616. The minimum absolute atomic E-state index is 0.0662. The molecule has 7 heteroatoms. The molecular formula is C22H29NO6. The van der Waals surface area contributed by atoms with E-state index in [4.69, 9.17) is 14.2 Å². The zero-order valence-corrected chi connectivity index (χ0v) is 16.9. The monoisotopic (exact) mass is 403 g/mol. The topological polar surface area (TPSA) is 94.1 Å². The molecule has 1 aliphatic heterocycles. The van der Waals surface area contributed by atoms with Crippen LogP contribution in [0.1, 0.15) is 54.4 Å². The van der Waals surface area contributed by atoms with E-state index in [0.717, 1.165) is 18.4 Å². The van der Waals surface area contributed by atoms with Crippen molar-refractivity contribution in [3.05, 3.63) is 47.2 Å². The molecule has 0 bridgehead atoms. The number of methoxy groups -OCH3 is 1. The number of ether oxygens (including phenoxy) is 3. The summed E-state index contributed by atoms with van der Waals surface area (Å²) in [7, 11) is 1.35. The lowest BCUT2D eigenvalue weighted by Crippen LogP contribution is -2.39. The van der Waals surface area contributed by atoms with E-state index in [2.05, 4.69) is 5.32 Å². The highest BCUT2D eigenvalue weighted by atomic mass is 16.7. The summed E-state index contributed by atoms with van der Waals surface area (Å²) < 4.78 is 16.5. The van der Waals surface area contributed by atoms with Gasteiger partial charge in [-0.1, -0.05) is 12.1 Å². The maximum absolute atomic E-state index is 12.6. The van der Waals surface area contributed by atoms with Crippen LogP contribution in [-0.4, -0.2) is 49.6 Å². The molecule has 2 N–H and O–H groups in total. The summed E-state index contributed by atoms with van der Waals surface area (Å²) in [6.07, 6.45) is 4.52. The zero-order valence-electron chi connectivity index (χ0n) is 16.9. The van der Waals surface area contributed by atoms with E-state index in [1.807, 2.05) is 25.1 Å². The molecule has 0 aromatic heterocycles. The third-order valence-corrected chi connectivity index (χ3v) is 5.26. The second-order valence-electron chi connectivity index (χ2n) is 7.39. The predicted molar refractivity (Wildman–Crippen MR) is 106 cm³/mol. The van der Waals surface area contributed by atoms with Gasteiger partial charge >= 0.3 is 5.97 Å². The Kier molecular flexibility index (Phi) is 7.28. The fraction of sp³-hybridized carbons (Fsp3) is 0.545. The highest BCUT2D eigenvalue weighted by molar-refractivity contribution is 5.92. The summed E-state index contributed by atoms with van der Waals surface area (Å²) in [5, 5.41) is 12.3. The second-order valence-corrected chi connectivity index (χ2v) is 7.39. The molecule has 3 atom stereocenters. The van der Waals surface area contributed by atoms with E-state index in [1.54, 1.807) is 12.1 Å². The van der Waals surface area contributed by atoms with Crippen molar-refractivity contribution in [1.82, 2.24) is 5.32 Å². The zero-order chi connectivity index (χ0) is 20.8. The maximum atomic E-state index is 12.6. The van der Waals surface area contributed by atoms with Gasteiger partial charge in [0.15, 0.2) is 5.76 Å². The lowest BCUT2D eigenvalue weighted by molar-refractivity contribution is -0.166. The number of benzene rings is 1. The number of aliphatic hydroxyl groups excluding tert-OH is 1. The van der Waals surface area contributed by atoms with Crippen LogP contribution in [0.3, 0.4) is 0 Å². The summed E-state index contributed by atoms with van der Waals surface area (Å²) in [5.74, 6) is -0.568. The number of rotatable bonds is 9. The molecule has 1 aromatic rings. The van der Waals surface area contributed by atoms with E-state index in [0.29, 0.717) is 25.0 Å². The Labute approximate surface area is 171 Å². The third-order valence-electron chi connectivity index (χ3n) is 5.26. The number of carbonyl (C=O) groups is 2. The van der Waals surface area contributed by atoms with Gasteiger partial charge in [0, 0.05) is 31.1 Å². The van der Waals surface area contributed by atoms with Gasteiger partial charge in [0.2, 0.25) is 6.29 Å². The Morgan fingerprint density at radius 3 is 2.55 bits per heavy atom.